The summed E-state index contributed by atoms with van der Waals surface area (Å²) in [5, 5.41) is 3.06. The molecule has 0 atom stereocenters. The van der Waals surface area contributed by atoms with Crippen LogP contribution < -0.4 is 5.32 Å². The molecule has 16 heavy (non-hydrogen) atoms. The summed E-state index contributed by atoms with van der Waals surface area (Å²) in [4.78, 5) is 11.9. The first-order chi connectivity index (χ1) is 7.73. The Morgan fingerprint density at radius 1 is 1.25 bits per heavy atom. The fourth-order valence-electron chi connectivity index (χ4n) is 3.47. The molecule has 1 fully saturated rings. The van der Waals surface area contributed by atoms with Gasteiger partial charge < -0.3 is 5.32 Å². The molecule has 3 rings (SSSR count). The second-order valence-corrected chi connectivity index (χ2v) is 5.17. The van der Waals surface area contributed by atoms with Gasteiger partial charge in [-0.05, 0) is 37.0 Å². The second-order valence-electron chi connectivity index (χ2n) is 5.17. The van der Waals surface area contributed by atoms with Crippen molar-refractivity contribution in [1.29, 1.82) is 0 Å². The molecule has 0 bridgehead atoms. The van der Waals surface area contributed by atoms with Crippen molar-refractivity contribution in [2.45, 2.75) is 38.0 Å². The van der Waals surface area contributed by atoms with E-state index in [9.17, 15) is 4.79 Å². The molecule has 0 unspecified atom stereocenters. The van der Waals surface area contributed by atoms with Gasteiger partial charge in [0, 0.05) is 17.5 Å². The van der Waals surface area contributed by atoms with Crippen molar-refractivity contribution >= 4 is 5.91 Å². The highest BCUT2D eigenvalue weighted by Gasteiger charge is 2.42. The fourth-order valence-corrected chi connectivity index (χ4v) is 3.47. The third kappa shape index (κ3) is 1.22. The number of nitrogens with one attached hydrogen (secondary N) is 1. The summed E-state index contributed by atoms with van der Waals surface area (Å²) >= 11 is 0. The van der Waals surface area contributed by atoms with E-state index in [0.29, 0.717) is 0 Å². The van der Waals surface area contributed by atoms with Crippen molar-refractivity contribution in [2.75, 3.05) is 6.54 Å². The number of hydrogen-bond donors (Lipinski definition) is 1. The summed E-state index contributed by atoms with van der Waals surface area (Å²) in [6.45, 7) is 2.97. The molecule has 2 nitrogen and oxygen atoms in total. The zero-order valence-electron chi connectivity index (χ0n) is 9.68. The predicted octanol–water partition coefficient (Wildman–Crippen LogP) is 2.55. The van der Waals surface area contributed by atoms with E-state index in [0.717, 1.165) is 12.1 Å². The van der Waals surface area contributed by atoms with Crippen LogP contribution in [0.15, 0.2) is 18.2 Å². The highest BCUT2D eigenvalue weighted by Crippen LogP contribution is 2.45. The number of carbonyl (C=O) groups excluding carboxylic acids is 1. The standard InChI is InChI=1S/C14H17NO/c1-10-5-4-6-11-12(10)14(7-2-3-8-14)9-15-13(11)16/h4-6H,2-3,7-9H2,1H3,(H,15,16). The van der Waals surface area contributed by atoms with Gasteiger partial charge in [0.2, 0.25) is 0 Å². The second kappa shape index (κ2) is 3.34. The minimum Gasteiger partial charge on any atom is -0.351 e. The van der Waals surface area contributed by atoms with Crippen LogP contribution in [0.3, 0.4) is 0 Å². The van der Waals surface area contributed by atoms with E-state index in [1.54, 1.807) is 0 Å². The van der Waals surface area contributed by atoms with Gasteiger partial charge >= 0.3 is 0 Å². The van der Waals surface area contributed by atoms with E-state index in [1.165, 1.54) is 36.8 Å². The lowest BCUT2D eigenvalue weighted by Gasteiger charge is -2.37. The van der Waals surface area contributed by atoms with E-state index in [2.05, 4.69) is 18.3 Å². The van der Waals surface area contributed by atoms with Crippen molar-refractivity contribution in [2.24, 2.45) is 0 Å². The van der Waals surface area contributed by atoms with E-state index in [-0.39, 0.29) is 11.3 Å². The lowest BCUT2D eigenvalue weighted by atomic mass is 9.72. The quantitative estimate of drug-likeness (QED) is 0.708. The van der Waals surface area contributed by atoms with Crippen LogP contribution in [-0.2, 0) is 5.41 Å². The molecule has 1 aromatic carbocycles. The SMILES string of the molecule is Cc1cccc2c1C1(CCCC1)CNC2=O. The average molecular weight is 215 g/mol. The topological polar surface area (TPSA) is 29.1 Å². The molecule has 1 heterocycles. The summed E-state index contributed by atoms with van der Waals surface area (Å²) in [5.41, 5.74) is 3.77. The molecule has 2 aliphatic rings. The number of carbonyl (C=O) groups is 1. The lowest BCUT2D eigenvalue weighted by molar-refractivity contribution is 0.0924. The molecule has 84 valence electrons. The van der Waals surface area contributed by atoms with Gasteiger partial charge in [-0.1, -0.05) is 25.0 Å². The molecule has 1 aromatic rings. The van der Waals surface area contributed by atoms with Crippen molar-refractivity contribution in [3.05, 3.63) is 34.9 Å². The average Bonchev–Trinajstić information content (AvgIpc) is 2.74. The van der Waals surface area contributed by atoms with Crippen molar-refractivity contribution < 1.29 is 4.79 Å². The normalized spacial score (nSPS) is 21.9. The minimum absolute atomic E-state index is 0.108. The zero-order valence-corrected chi connectivity index (χ0v) is 9.68. The van der Waals surface area contributed by atoms with Crippen LogP contribution in [-0.4, -0.2) is 12.5 Å². The molecule has 1 aliphatic carbocycles. The Balaban J connectivity index is 2.22. The minimum atomic E-state index is 0.108. The van der Waals surface area contributed by atoms with Crippen LogP contribution in [0, 0.1) is 6.92 Å². The highest BCUT2D eigenvalue weighted by atomic mass is 16.1. The number of rotatable bonds is 0. The van der Waals surface area contributed by atoms with Gasteiger partial charge in [-0.15, -0.1) is 0 Å². The Morgan fingerprint density at radius 3 is 2.75 bits per heavy atom. The summed E-state index contributed by atoms with van der Waals surface area (Å²) in [5.74, 6) is 0.108. The van der Waals surface area contributed by atoms with E-state index in [4.69, 9.17) is 0 Å². The third-order valence-electron chi connectivity index (χ3n) is 4.20. The van der Waals surface area contributed by atoms with Crippen LogP contribution in [0.1, 0.15) is 47.2 Å². The number of aryl methyl sites for hydroxylation is 1. The zero-order chi connectivity index (χ0) is 11.2. The molecule has 1 N–H and O–H groups in total. The maximum Gasteiger partial charge on any atom is 0.251 e. The maximum atomic E-state index is 11.9. The Labute approximate surface area is 96.1 Å². The summed E-state index contributed by atoms with van der Waals surface area (Å²) in [6.07, 6.45) is 5.05. The van der Waals surface area contributed by atoms with Crippen LogP contribution in [0.2, 0.25) is 0 Å². The summed E-state index contributed by atoms with van der Waals surface area (Å²) < 4.78 is 0. The van der Waals surface area contributed by atoms with Gasteiger partial charge in [0.15, 0.2) is 0 Å². The number of amides is 1. The van der Waals surface area contributed by atoms with Crippen molar-refractivity contribution in [3.63, 3.8) is 0 Å². The number of hydrogen-bond acceptors (Lipinski definition) is 1. The predicted molar refractivity (Wildman–Crippen MR) is 63.7 cm³/mol. The Hall–Kier alpha value is -1.31. The lowest BCUT2D eigenvalue weighted by Crippen LogP contribution is -2.45. The van der Waals surface area contributed by atoms with Crippen molar-refractivity contribution in [1.82, 2.24) is 5.32 Å². The Kier molecular flexibility index (Phi) is 2.06. The Bertz CT molecular complexity index is 444. The van der Waals surface area contributed by atoms with Crippen LogP contribution >= 0.6 is 0 Å². The smallest absolute Gasteiger partial charge is 0.251 e. The highest BCUT2D eigenvalue weighted by molar-refractivity contribution is 5.97. The molecule has 1 aliphatic heterocycles. The van der Waals surface area contributed by atoms with E-state index in [1.807, 2.05) is 12.1 Å². The maximum absolute atomic E-state index is 11.9. The van der Waals surface area contributed by atoms with Gasteiger partial charge in [-0.25, -0.2) is 0 Å². The molecule has 1 amide bonds. The molecular formula is C14H17NO. The van der Waals surface area contributed by atoms with Gasteiger partial charge in [-0.3, -0.25) is 4.79 Å². The first-order valence-electron chi connectivity index (χ1n) is 6.11. The Morgan fingerprint density at radius 2 is 2.00 bits per heavy atom. The van der Waals surface area contributed by atoms with Gasteiger partial charge in [0.25, 0.3) is 5.91 Å². The molecule has 1 saturated carbocycles. The molecule has 0 aromatic heterocycles. The van der Waals surface area contributed by atoms with E-state index >= 15 is 0 Å². The monoisotopic (exact) mass is 215 g/mol. The van der Waals surface area contributed by atoms with Crippen molar-refractivity contribution in [3.8, 4) is 0 Å². The fraction of sp³-hybridized carbons (Fsp3) is 0.500. The van der Waals surface area contributed by atoms with Gasteiger partial charge in [0.1, 0.15) is 0 Å². The molecule has 2 heteroatoms. The third-order valence-corrected chi connectivity index (χ3v) is 4.20. The molecular weight excluding hydrogens is 198 g/mol. The summed E-state index contributed by atoms with van der Waals surface area (Å²) in [7, 11) is 0. The molecule has 0 saturated heterocycles. The van der Waals surface area contributed by atoms with Gasteiger partial charge in [-0.2, -0.15) is 0 Å². The first kappa shape index (κ1) is 9.88. The van der Waals surface area contributed by atoms with Crippen LogP contribution in [0.4, 0.5) is 0 Å². The van der Waals surface area contributed by atoms with Crippen LogP contribution in [0.5, 0.6) is 0 Å². The number of benzene rings is 1. The van der Waals surface area contributed by atoms with E-state index < -0.39 is 0 Å². The molecule has 0 radical (unpaired) electrons. The largest absolute Gasteiger partial charge is 0.351 e. The molecule has 1 spiro atoms. The van der Waals surface area contributed by atoms with Gasteiger partial charge in [0.05, 0.1) is 0 Å². The first-order valence-corrected chi connectivity index (χ1v) is 6.11. The number of fused-ring (bicyclic) bond motifs is 2. The summed E-state index contributed by atoms with van der Waals surface area (Å²) in [6, 6.07) is 6.09. The van der Waals surface area contributed by atoms with Crippen LogP contribution in [0.25, 0.3) is 0 Å².